The predicted octanol–water partition coefficient (Wildman–Crippen LogP) is 5.15. The second-order valence-electron chi connectivity index (χ2n) is 11.4. The van der Waals surface area contributed by atoms with E-state index in [1.54, 1.807) is 33.0 Å². The van der Waals surface area contributed by atoms with Crippen LogP contribution in [0.3, 0.4) is 0 Å². The van der Waals surface area contributed by atoms with Gasteiger partial charge in [-0.05, 0) is 45.0 Å². The normalized spacial score (nSPS) is 15.9. The summed E-state index contributed by atoms with van der Waals surface area (Å²) in [4.78, 5) is 65.7. The minimum Gasteiger partial charge on any atom is -0.444 e. The summed E-state index contributed by atoms with van der Waals surface area (Å²) in [6.45, 7) is 5.47. The molecule has 238 valence electrons. The molecule has 1 aromatic carbocycles. The molecule has 0 aliphatic carbocycles. The fraction of sp³-hybridized carbons (Fsp3) is 0.300. The number of thiophene rings is 1. The fourth-order valence-corrected chi connectivity index (χ4v) is 6.82. The number of ether oxygens (including phenoxy) is 2. The molecule has 0 fully saturated rings. The zero-order valence-electron chi connectivity index (χ0n) is 25.0. The molecule has 13 nitrogen and oxygen atoms in total. The summed E-state index contributed by atoms with van der Waals surface area (Å²) in [5.41, 5.74) is -1.08. The van der Waals surface area contributed by atoms with Gasteiger partial charge in [0.25, 0.3) is 11.5 Å². The topological polar surface area (TPSA) is 166 Å². The highest BCUT2D eigenvalue weighted by molar-refractivity contribution is 7.20. The van der Waals surface area contributed by atoms with Gasteiger partial charge in [-0.25, -0.2) is 24.1 Å². The molecular formula is C30H28FN7O6S2. The van der Waals surface area contributed by atoms with Crippen LogP contribution in [0.25, 0.3) is 20.3 Å². The van der Waals surface area contributed by atoms with E-state index in [9.17, 15) is 23.6 Å². The number of benzene rings is 1. The summed E-state index contributed by atoms with van der Waals surface area (Å²) in [5.74, 6) is -0.969. The van der Waals surface area contributed by atoms with Gasteiger partial charge in [-0.3, -0.25) is 24.3 Å². The van der Waals surface area contributed by atoms with Crippen molar-refractivity contribution in [1.29, 1.82) is 0 Å². The zero-order chi connectivity index (χ0) is 32.7. The maximum atomic E-state index is 13.6. The zero-order valence-corrected chi connectivity index (χ0v) is 26.7. The highest BCUT2D eigenvalue weighted by Crippen LogP contribution is 2.35. The van der Waals surface area contributed by atoms with Gasteiger partial charge in [0.15, 0.2) is 5.01 Å². The van der Waals surface area contributed by atoms with Gasteiger partial charge < -0.3 is 20.1 Å². The quantitative estimate of drug-likeness (QED) is 0.213. The molecule has 1 aliphatic rings. The van der Waals surface area contributed by atoms with Crippen LogP contribution in [-0.2, 0) is 20.8 Å². The highest BCUT2D eigenvalue weighted by atomic mass is 32.1. The Hall–Kier alpha value is -4.80. The molecule has 1 aliphatic heterocycles. The van der Waals surface area contributed by atoms with E-state index in [2.05, 4.69) is 30.9 Å². The number of rotatable bonds is 7. The van der Waals surface area contributed by atoms with Crippen LogP contribution < -0.4 is 21.5 Å². The van der Waals surface area contributed by atoms with Crippen LogP contribution in [0.4, 0.5) is 20.7 Å². The van der Waals surface area contributed by atoms with Crippen molar-refractivity contribution < 1.29 is 28.2 Å². The maximum absolute atomic E-state index is 13.6. The number of fused-ring (bicyclic) bond motifs is 3. The Labute approximate surface area is 268 Å². The third-order valence-electron chi connectivity index (χ3n) is 6.96. The predicted molar refractivity (Wildman–Crippen MR) is 171 cm³/mol. The van der Waals surface area contributed by atoms with E-state index in [0.29, 0.717) is 16.0 Å². The molecule has 6 rings (SSSR count). The van der Waals surface area contributed by atoms with Crippen LogP contribution in [-0.4, -0.2) is 50.1 Å². The SMILES string of the molecule is CO[C@@H]1C[C@@H](C(=O)NCc2cc3cnc(NC(=O)OC(C)(C)C)cc3s2)n2c1ncc(NC(=O)c1nc3cc(F)ccc3s1)c2=O. The van der Waals surface area contributed by atoms with Crippen LogP contribution in [0, 0.1) is 5.82 Å². The molecular weight excluding hydrogens is 638 g/mol. The Bertz CT molecular complexity index is 2070. The van der Waals surface area contributed by atoms with Crippen molar-refractivity contribution in [3.05, 3.63) is 74.6 Å². The van der Waals surface area contributed by atoms with Crippen molar-refractivity contribution >= 4 is 72.4 Å². The standard InChI is InChI=1S/C30H28FN7O6S2/c1-30(2,3)44-29(42)37-23-10-22-14(11-32-23)7-16(45-22)12-34-25(39)19-9-20(43-4)24-33-13-18(28(41)38(19)24)35-26(40)27-36-17-8-15(31)5-6-21(17)46-27/h5-8,10-11,13,19-20H,9,12H2,1-4H3,(H,34,39)(H,35,40)(H,32,37,42)/t19-,20+/m0/s1. The molecule has 0 saturated heterocycles. The molecule has 16 heteroatoms. The van der Waals surface area contributed by atoms with Crippen LogP contribution in [0.15, 0.2) is 47.5 Å². The van der Waals surface area contributed by atoms with Crippen LogP contribution in [0.5, 0.6) is 0 Å². The monoisotopic (exact) mass is 665 g/mol. The van der Waals surface area contributed by atoms with Gasteiger partial charge in [-0.2, -0.15) is 0 Å². The Balaban J connectivity index is 1.16. The number of hydrogen-bond acceptors (Lipinski definition) is 11. The number of amides is 3. The molecule has 0 spiro atoms. The van der Waals surface area contributed by atoms with Crippen molar-refractivity contribution in [3.63, 3.8) is 0 Å². The number of hydrogen-bond donors (Lipinski definition) is 3. The van der Waals surface area contributed by atoms with Gasteiger partial charge in [0.1, 0.15) is 40.9 Å². The van der Waals surface area contributed by atoms with Crippen molar-refractivity contribution in [3.8, 4) is 0 Å². The number of thiazole rings is 1. The Morgan fingerprint density at radius 3 is 2.63 bits per heavy atom. The first-order valence-corrected chi connectivity index (χ1v) is 15.7. The Kier molecular flexibility index (Phi) is 8.26. The van der Waals surface area contributed by atoms with Crippen molar-refractivity contribution in [1.82, 2.24) is 24.8 Å². The lowest BCUT2D eigenvalue weighted by Crippen LogP contribution is -2.36. The lowest BCUT2D eigenvalue weighted by molar-refractivity contribution is -0.124. The third-order valence-corrected chi connectivity index (χ3v) is 9.09. The van der Waals surface area contributed by atoms with E-state index in [-0.39, 0.29) is 29.5 Å². The number of carbonyl (C=O) groups excluding carboxylic acids is 3. The highest BCUT2D eigenvalue weighted by Gasteiger charge is 2.38. The van der Waals surface area contributed by atoms with Crippen molar-refractivity contribution in [2.24, 2.45) is 0 Å². The van der Waals surface area contributed by atoms with Crippen molar-refractivity contribution in [2.45, 2.75) is 51.5 Å². The second-order valence-corrected chi connectivity index (χ2v) is 13.6. The first kappa shape index (κ1) is 31.2. The summed E-state index contributed by atoms with van der Waals surface area (Å²) in [7, 11) is 1.46. The summed E-state index contributed by atoms with van der Waals surface area (Å²) in [6, 6.07) is 6.68. The fourth-order valence-electron chi connectivity index (χ4n) is 4.96. The molecule has 5 heterocycles. The molecule has 0 bridgehead atoms. The summed E-state index contributed by atoms with van der Waals surface area (Å²) < 4.78 is 27.0. The number of pyridine rings is 1. The molecule has 46 heavy (non-hydrogen) atoms. The van der Waals surface area contributed by atoms with Gasteiger partial charge in [-0.15, -0.1) is 22.7 Å². The van der Waals surface area contributed by atoms with Crippen LogP contribution >= 0.6 is 22.7 Å². The van der Waals surface area contributed by atoms with Gasteiger partial charge in [-0.1, -0.05) is 0 Å². The summed E-state index contributed by atoms with van der Waals surface area (Å²) >= 11 is 2.47. The number of nitrogens with zero attached hydrogens (tertiary/aromatic N) is 4. The molecule has 5 aromatic rings. The summed E-state index contributed by atoms with van der Waals surface area (Å²) in [6.07, 6.45) is 1.78. The molecule has 2 atom stereocenters. The van der Waals surface area contributed by atoms with Gasteiger partial charge >= 0.3 is 6.09 Å². The Morgan fingerprint density at radius 2 is 1.87 bits per heavy atom. The minimum absolute atomic E-state index is 0.0424. The Morgan fingerprint density at radius 1 is 1.07 bits per heavy atom. The number of halogens is 1. The number of methoxy groups -OCH3 is 1. The first-order valence-electron chi connectivity index (χ1n) is 14.1. The van der Waals surface area contributed by atoms with Crippen molar-refractivity contribution in [2.75, 3.05) is 17.7 Å². The van der Waals surface area contributed by atoms with Gasteiger partial charge in [0.2, 0.25) is 5.91 Å². The molecule has 0 saturated carbocycles. The van der Waals surface area contributed by atoms with E-state index in [0.717, 1.165) is 26.3 Å². The average Bonchev–Trinajstić information content (AvgIpc) is 3.70. The smallest absolute Gasteiger partial charge is 0.413 e. The summed E-state index contributed by atoms with van der Waals surface area (Å²) in [5, 5.41) is 8.90. The third kappa shape index (κ3) is 6.45. The van der Waals surface area contributed by atoms with E-state index in [1.165, 1.54) is 47.4 Å². The lowest BCUT2D eigenvalue weighted by atomic mass is 10.1. The largest absolute Gasteiger partial charge is 0.444 e. The van der Waals surface area contributed by atoms with Gasteiger partial charge in [0, 0.05) is 40.8 Å². The second kappa shape index (κ2) is 12.2. The lowest BCUT2D eigenvalue weighted by Gasteiger charge is -2.19. The molecule has 3 amide bonds. The minimum atomic E-state index is -0.942. The maximum Gasteiger partial charge on any atom is 0.413 e. The first-order chi connectivity index (χ1) is 21.9. The molecule has 0 radical (unpaired) electrons. The van der Waals surface area contributed by atoms with E-state index < -0.39 is 47.0 Å². The van der Waals surface area contributed by atoms with E-state index in [4.69, 9.17) is 9.47 Å². The van der Waals surface area contributed by atoms with Crippen LogP contribution in [0.1, 0.15) is 59.8 Å². The molecule has 3 N–H and O–H groups in total. The molecule has 0 unspecified atom stereocenters. The number of anilines is 2. The number of carbonyl (C=O) groups is 3. The molecule has 4 aromatic heterocycles. The average molecular weight is 666 g/mol. The number of nitrogens with one attached hydrogen (secondary N) is 3. The van der Waals surface area contributed by atoms with E-state index >= 15 is 0 Å². The van der Waals surface area contributed by atoms with Gasteiger partial charge in [0.05, 0.1) is 23.0 Å². The number of aromatic nitrogens is 4. The van der Waals surface area contributed by atoms with E-state index in [1.807, 2.05) is 6.07 Å². The van der Waals surface area contributed by atoms with Crippen LogP contribution in [0.2, 0.25) is 0 Å².